The first kappa shape index (κ1) is 38.6. The van der Waals surface area contributed by atoms with Gasteiger partial charge in [-0.05, 0) is 177 Å². The zero-order valence-corrected chi connectivity index (χ0v) is 30.1. The van der Waals surface area contributed by atoms with Crippen LogP contribution in [-0.4, -0.2) is 29.1 Å². The van der Waals surface area contributed by atoms with Crippen molar-refractivity contribution in [3.05, 3.63) is 163 Å². The van der Waals surface area contributed by atoms with Crippen molar-refractivity contribution >= 4 is 77.1 Å². The Bertz CT molecular complexity index is 2980. The lowest BCUT2D eigenvalue weighted by Gasteiger charge is -2.08. The van der Waals surface area contributed by atoms with E-state index in [0.717, 1.165) is 0 Å². The van der Waals surface area contributed by atoms with Crippen LogP contribution in [-0.2, 0) is 0 Å². The third-order valence-electron chi connectivity index (χ3n) is 8.93. The number of benzene rings is 5. The number of carbonyl (C=O) groups excluding carboxylic acids is 3. The average Bonchev–Trinajstić information content (AvgIpc) is 3.23. The standard InChI is InChI=1S/C48H25N5O5/c49-21-42-10-30-2-35(27-55)16-39(5-30)44(23-51)12-32-7-41(20-47(57)17-32)46(25-53)13-33-8-40(19-48(58)18-33)45(24-52)11-31-3-36(28-56)15-38(6-31)43(22-50)9-29-1-34(26-54)14-37(42)4-29/h1-20,26-28,57-58H/b42-10+,43-9+,44-12+,45-11+,46-13+. The Kier molecular flexibility index (Phi) is 11.2. The maximum Gasteiger partial charge on any atom is 0.150 e. The maximum absolute atomic E-state index is 12.1. The highest BCUT2D eigenvalue weighted by molar-refractivity contribution is 5.99. The molecule has 0 radical (unpaired) electrons. The third-order valence-corrected chi connectivity index (χ3v) is 8.93. The average molecular weight is 752 g/mol. The van der Waals surface area contributed by atoms with Crippen molar-refractivity contribution in [2.75, 3.05) is 0 Å². The van der Waals surface area contributed by atoms with Crippen molar-refractivity contribution in [3.8, 4) is 41.8 Å². The fourth-order valence-corrected chi connectivity index (χ4v) is 6.43. The molecule has 0 atom stereocenters. The number of nitriles is 5. The van der Waals surface area contributed by atoms with Gasteiger partial charge in [0.15, 0.2) is 0 Å². The number of nitrogens with zero attached hydrogens (tertiary/aromatic N) is 5. The Morgan fingerprint density at radius 1 is 0.328 bits per heavy atom. The zero-order valence-electron chi connectivity index (χ0n) is 30.1. The molecule has 10 bridgehead atoms. The van der Waals surface area contributed by atoms with E-state index in [2.05, 4.69) is 30.3 Å². The van der Waals surface area contributed by atoms with Crippen molar-refractivity contribution in [1.82, 2.24) is 0 Å². The van der Waals surface area contributed by atoms with E-state index in [9.17, 15) is 50.9 Å². The topological polar surface area (TPSA) is 211 Å². The Labute approximate surface area is 332 Å². The summed E-state index contributed by atoms with van der Waals surface area (Å²) in [4.78, 5) is 36.3. The number of hydrogen-bond donors (Lipinski definition) is 2. The number of aldehydes is 3. The molecule has 0 fully saturated rings. The number of rotatable bonds is 3. The van der Waals surface area contributed by atoms with E-state index in [1.54, 1.807) is 30.3 Å². The fourth-order valence-electron chi connectivity index (χ4n) is 6.43. The van der Waals surface area contributed by atoms with Crippen LogP contribution in [0.25, 0.3) is 58.2 Å². The lowest BCUT2D eigenvalue weighted by molar-refractivity contribution is 0.111. The van der Waals surface area contributed by atoms with Gasteiger partial charge in [-0.3, -0.25) is 14.4 Å². The Morgan fingerprint density at radius 2 is 0.552 bits per heavy atom. The predicted octanol–water partition coefficient (Wildman–Crippen LogP) is 9.17. The van der Waals surface area contributed by atoms with Crippen LogP contribution >= 0.6 is 0 Å². The third kappa shape index (κ3) is 8.63. The number of hydrogen-bond acceptors (Lipinski definition) is 10. The molecule has 0 aliphatic heterocycles. The molecular formula is C48H25N5O5. The van der Waals surface area contributed by atoms with Gasteiger partial charge < -0.3 is 10.2 Å². The lowest BCUT2D eigenvalue weighted by atomic mass is 9.94. The van der Waals surface area contributed by atoms with Gasteiger partial charge in [-0.25, -0.2) is 0 Å². The van der Waals surface area contributed by atoms with E-state index in [4.69, 9.17) is 0 Å². The number of aromatic hydroxyl groups is 2. The van der Waals surface area contributed by atoms with Gasteiger partial charge in [0.1, 0.15) is 30.4 Å². The van der Waals surface area contributed by atoms with Crippen molar-refractivity contribution in [2.45, 2.75) is 0 Å². The minimum absolute atomic E-state index is 0.0635. The second kappa shape index (κ2) is 16.9. The number of phenolic OH excluding ortho intramolecular Hbond substituents is 2. The second-order valence-corrected chi connectivity index (χ2v) is 13.0. The van der Waals surface area contributed by atoms with Gasteiger partial charge in [0.25, 0.3) is 0 Å². The van der Waals surface area contributed by atoms with E-state index < -0.39 is 0 Å². The van der Waals surface area contributed by atoms with E-state index in [1.807, 2.05) is 0 Å². The van der Waals surface area contributed by atoms with Crippen LogP contribution in [0, 0.1) is 56.7 Å². The Hall–Kier alpha value is -9.14. The lowest BCUT2D eigenvalue weighted by Crippen LogP contribution is -1.93. The summed E-state index contributed by atoms with van der Waals surface area (Å²) in [5.74, 6) is -0.449. The molecule has 0 saturated heterocycles. The second-order valence-electron chi connectivity index (χ2n) is 13.0. The quantitative estimate of drug-likeness (QED) is 0.167. The first-order valence-electron chi connectivity index (χ1n) is 17.2. The Balaban J connectivity index is 1.69. The van der Waals surface area contributed by atoms with Crippen molar-refractivity contribution in [2.24, 2.45) is 0 Å². The molecule has 6 rings (SSSR count). The Morgan fingerprint density at radius 3 is 0.776 bits per heavy atom. The molecule has 10 nitrogen and oxygen atoms in total. The predicted molar refractivity (Wildman–Crippen MR) is 219 cm³/mol. The smallest absolute Gasteiger partial charge is 0.150 e. The van der Waals surface area contributed by atoms with E-state index >= 15 is 0 Å². The number of allylic oxidation sites excluding steroid dienone is 5. The summed E-state index contributed by atoms with van der Waals surface area (Å²) in [7, 11) is 0. The van der Waals surface area contributed by atoms with Crippen LogP contribution < -0.4 is 0 Å². The molecule has 0 spiro atoms. The van der Waals surface area contributed by atoms with Gasteiger partial charge in [-0.1, -0.05) is 0 Å². The first-order chi connectivity index (χ1) is 28.1. The summed E-state index contributed by atoms with van der Waals surface area (Å²) < 4.78 is 0. The summed E-state index contributed by atoms with van der Waals surface area (Å²) in [5.41, 5.74) is 4.14. The molecule has 10 heteroatoms. The van der Waals surface area contributed by atoms with Gasteiger partial charge in [-0.2, -0.15) is 26.3 Å². The first-order valence-corrected chi connectivity index (χ1v) is 17.2. The molecule has 58 heavy (non-hydrogen) atoms. The van der Waals surface area contributed by atoms with Crippen molar-refractivity contribution in [1.29, 1.82) is 26.3 Å². The minimum Gasteiger partial charge on any atom is -0.508 e. The molecule has 5 aromatic rings. The number of fused-ring (bicyclic) bond motifs is 10. The van der Waals surface area contributed by atoms with Gasteiger partial charge in [0.05, 0.1) is 58.2 Å². The van der Waals surface area contributed by atoms with Gasteiger partial charge in [-0.15, -0.1) is 0 Å². The summed E-state index contributed by atoms with van der Waals surface area (Å²) in [6, 6.07) is 32.9. The van der Waals surface area contributed by atoms with Crippen LogP contribution in [0.1, 0.15) is 86.7 Å². The number of carbonyl (C=O) groups is 3. The van der Waals surface area contributed by atoms with Crippen LogP contribution in [0.15, 0.2) is 91.0 Å². The maximum atomic E-state index is 12.1. The molecule has 0 amide bonds. The summed E-state index contributed by atoms with van der Waals surface area (Å²) >= 11 is 0. The van der Waals surface area contributed by atoms with Gasteiger partial charge in [0.2, 0.25) is 0 Å². The van der Waals surface area contributed by atoms with Crippen LogP contribution in [0.3, 0.4) is 0 Å². The van der Waals surface area contributed by atoms with E-state index in [0.29, 0.717) is 63.4 Å². The van der Waals surface area contributed by atoms with Gasteiger partial charge >= 0.3 is 0 Å². The molecule has 0 heterocycles. The molecule has 2 N–H and O–H groups in total. The highest BCUT2D eigenvalue weighted by atomic mass is 16.3. The number of phenols is 2. The largest absolute Gasteiger partial charge is 0.508 e. The fraction of sp³-hybridized carbons (Fsp3) is 0. The molecule has 1 aliphatic rings. The van der Waals surface area contributed by atoms with Crippen molar-refractivity contribution < 1.29 is 24.6 Å². The van der Waals surface area contributed by atoms with Crippen LogP contribution in [0.2, 0.25) is 0 Å². The summed E-state index contributed by atoms with van der Waals surface area (Å²) in [5, 5.41) is 72.8. The molecule has 1 aliphatic carbocycles. The summed E-state index contributed by atoms with van der Waals surface area (Å²) in [6.07, 6.45) is 9.11. The molecular weight excluding hydrogens is 727 g/mol. The summed E-state index contributed by atoms with van der Waals surface area (Å²) in [6.45, 7) is 0. The van der Waals surface area contributed by atoms with E-state index in [1.165, 1.54) is 91.0 Å². The van der Waals surface area contributed by atoms with Gasteiger partial charge in [0, 0.05) is 16.7 Å². The van der Waals surface area contributed by atoms with Crippen LogP contribution in [0.5, 0.6) is 11.5 Å². The normalized spacial score (nSPS) is 16.7. The van der Waals surface area contributed by atoms with Crippen LogP contribution in [0.4, 0.5) is 0 Å². The molecule has 0 saturated carbocycles. The molecule has 0 unspecified atom stereocenters. The van der Waals surface area contributed by atoms with Crippen molar-refractivity contribution in [3.63, 3.8) is 0 Å². The molecule has 0 aromatic heterocycles. The highest BCUT2D eigenvalue weighted by Gasteiger charge is 2.14. The zero-order chi connectivity index (χ0) is 41.3. The SMILES string of the molecule is N#C/C1=C\c2cc(O)cc(c2)/C(C#N)=C/c2cc(C=O)cc(c2)/C(C#N)=C/c2cc(C=O)cc(c2)/C(C#N)=C/c2cc(C=O)cc(c2)/C(C#N)=C/c2cc(O)cc1c2. The molecule has 272 valence electrons. The molecule has 5 aromatic carbocycles. The monoisotopic (exact) mass is 751 g/mol. The van der Waals surface area contributed by atoms with E-state index in [-0.39, 0.29) is 67.2 Å². The highest BCUT2D eigenvalue weighted by Crippen LogP contribution is 2.32. The minimum atomic E-state index is -0.224.